The van der Waals surface area contributed by atoms with Crippen LogP contribution >= 0.6 is 46.4 Å². The van der Waals surface area contributed by atoms with Crippen molar-refractivity contribution >= 4 is 63.8 Å². The zero-order valence-corrected chi connectivity index (χ0v) is 21.7. The second-order valence-electron chi connectivity index (χ2n) is 8.25. The van der Waals surface area contributed by atoms with Crippen molar-refractivity contribution in [2.24, 2.45) is 5.92 Å². The highest BCUT2D eigenvalue weighted by Gasteiger charge is 2.26. The zero-order chi connectivity index (χ0) is 24.9. The lowest BCUT2D eigenvalue weighted by molar-refractivity contribution is -0.123. The first kappa shape index (κ1) is 26.0. The Morgan fingerprint density at radius 2 is 1.74 bits per heavy atom. The van der Waals surface area contributed by atoms with Gasteiger partial charge in [-0.25, -0.2) is 0 Å². The summed E-state index contributed by atoms with van der Waals surface area (Å²) in [5, 5.41) is 8.28. The molecule has 1 amide bonds. The minimum Gasteiger partial charge on any atom is -0.356 e. The van der Waals surface area contributed by atoms with Crippen LogP contribution in [0.5, 0.6) is 0 Å². The van der Waals surface area contributed by atoms with E-state index in [9.17, 15) is 9.59 Å². The van der Waals surface area contributed by atoms with Crippen LogP contribution in [0.1, 0.15) is 19.3 Å². The van der Waals surface area contributed by atoms with E-state index in [0.29, 0.717) is 38.3 Å². The smallest absolute Gasteiger partial charge is 0.260 e. The largest absolute Gasteiger partial charge is 0.356 e. The molecule has 1 aliphatic heterocycles. The van der Waals surface area contributed by atoms with Gasteiger partial charge in [-0.15, -0.1) is 0 Å². The monoisotopic (exact) mass is 553 g/mol. The van der Waals surface area contributed by atoms with E-state index in [1.165, 1.54) is 4.90 Å². The number of halogens is 4. The maximum atomic E-state index is 12.8. The lowest BCUT2D eigenvalue weighted by Crippen LogP contribution is -2.38. The highest BCUT2D eigenvalue weighted by atomic mass is 35.5. The van der Waals surface area contributed by atoms with Gasteiger partial charge in [-0.2, -0.15) is 0 Å². The van der Waals surface area contributed by atoms with Gasteiger partial charge >= 0.3 is 0 Å². The summed E-state index contributed by atoms with van der Waals surface area (Å²) in [7, 11) is 0. The van der Waals surface area contributed by atoms with Gasteiger partial charge in [0.1, 0.15) is 11.5 Å². The third kappa shape index (κ3) is 6.19. The Kier molecular flexibility index (Phi) is 8.73. The summed E-state index contributed by atoms with van der Waals surface area (Å²) in [6.45, 7) is 1.83. The molecule has 35 heavy (non-hydrogen) atoms. The summed E-state index contributed by atoms with van der Waals surface area (Å²) < 4.78 is 5.55. The van der Waals surface area contributed by atoms with Gasteiger partial charge in [-0.1, -0.05) is 69.8 Å². The number of aromatic nitrogens is 1. The van der Waals surface area contributed by atoms with Crippen LogP contribution in [0.2, 0.25) is 10.0 Å². The lowest BCUT2D eigenvalue weighted by atomic mass is 9.92. The van der Waals surface area contributed by atoms with Gasteiger partial charge in [-0.3, -0.25) is 9.59 Å². The third-order valence-corrected chi connectivity index (χ3v) is 7.00. The molecule has 184 valence electrons. The highest BCUT2D eigenvalue weighted by Crippen LogP contribution is 2.36. The van der Waals surface area contributed by atoms with Crippen molar-refractivity contribution in [1.82, 2.24) is 10.5 Å². The average molecular weight is 555 g/mol. The summed E-state index contributed by atoms with van der Waals surface area (Å²) >= 11 is 24.4. The molecule has 1 aromatic heterocycles. The Labute approximate surface area is 223 Å². The van der Waals surface area contributed by atoms with Crippen molar-refractivity contribution in [2.45, 2.75) is 24.1 Å². The van der Waals surface area contributed by atoms with E-state index < -0.39 is 10.7 Å². The fourth-order valence-electron chi connectivity index (χ4n) is 4.15. The number of carbonyl (C=O) groups is 2. The van der Waals surface area contributed by atoms with E-state index in [-0.39, 0.29) is 24.7 Å². The van der Waals surface area contributed by atoms with Crippen LogP contribution < -0.4 is 10.2 Å². The number of amides is 1. The summed E-state index contributed by atoms with van der Waals surface area (Å²) in [5.74, 6) is 0.109. The van der Waals surface area contributed by atoms with Gasteiger partial charge in [0.2, 0.25) is 0 Å². The maximum Gasteiger partial charge on any atom is 0.260 e. The molecule has 0 unspecified atom stereocenters. The number of piperidine rings is 1. The fourth-order valence-corrected chi connectivity index (χ4v) is 4.98. The molecule has 10 heteroatoms. The maximum absolute atomic E-state index is 12.8. The number of hydrogen-bond donors (Lipinski definition) is 1. The summed E-state index contributed by atoms with van der Waals surface area (Å²) in [4.78, 5) is 25.7. The Morgan fingerprint density at radius 3 is 2.43 bits per heavy atom. The molecule has 1 saturated heterocycles. The quantitative estimate of drug-likeness (QED) is 0.325. The van der Waals surface area contributed by atoms with Crippen LogP contribution in [0.3, 0.4) is 0 Å². The molecule has 2 aromatic carbocycles. The van der Waals surface area contributed by atoms with Gasteiger partial charge < -0.3 is 14.7 Å². The number of carbonyl (C=O) groups excluding carboxylic acids is 2. The number of rotatable bonds is 8. The topological polar surface area (TPSA) is 75.4 Å². The van der Waals surface area contributed by atoms with Gasteiger partial charge in [0.15, 0.2) is 10.6 Å². The van der Waals surface area contributed by atoms with Crippen LogP contribution in [0, 0.1) is 5.92 Å². The molecule has 0 radical (unpaired) electrons. The molecule has 0 saturated carbocycles. The van der Waals surface area contributed by atoms with Gasteiger partial charge in [0.25, 0.3) is 5.91 Å². The van der Waals surface area contributed by atoms with Gasteiger partial charge in [-0.05, 0) is 50.2 Å². The van der Waals surface area contributed by atoms with E-state index in [2.05, 4.69) is 10.5 Å². The van der Waals surface area contributed by atoms with Crippen molar-refractivity contribution < 1.29 is 14.1 Å². The number of Topliss-reactive ketones (excluding diaryl/α,β-unsaturated/α-hetero) is 1. The van der Waals surface area contributed by atoms with E-state index in [1.807, 2.05) is 6.07 Å². The second-order valence-corrected chi connectivity index (χ2v) is 10.2. The fraction of sp³-hybridized carbons (Fsp3) is 0.320. The van der Waals surface area contributed by atoms with E-state index in [0.717, 1.165) is 25.9 Å². The lowest BCUT2D eigenvalue weighted by Gasteiger charge is -2.26. The van der Waals surface area contributed by atoms with Gasteiger partial charge in [0, 0.05) is 41.8 Å². The second kappa shape index (κ2) is 11.8. The SMILES string of the molecule is O=C(CCN(C(=O)C(Cl)Cl)c1cccc(-c2cc(-c3c(Cl)cccc3Cl)no2)c1)C1CCNCC1. The van der Waals surface area contributed by atoms with E-state index >= 15 is 0 Å². The van der Waals surface area contributed by atoms with E-state index in [4.69, 9.17) is 50.9 Å². The molecule has 1 fully saturated rings. The molecular formula is C25H23Cl4N3O3. The number of nitrogens with one attached hydrogen (secondary N) is 1. The van der Waals surface area contributed by atoms with Crippen LogP contribution in [0.25, 0.3) is 22.6 Å². The minimum atomic E-state index is -1.26. The van der Waals surface area contributed by atoms with Crippen LogP contribution in [-0.2, 0) is 9.59 Å². The van der Waals surface area contributed by atoms with Crippen molar-refractivity contribution in [2.75, 3.05) is 24.5 Å². The van der Waals surface area contributed by atoms with E-state index in [1.54, 1.807) is 42.5 Å². The Morgan fingerprint density at radius 1 is 1.06 bits per heavy atom. The molecule has 6 nitrogen and oxygen atoms in total. The van der Waals surface area contributed by atoms with Crippen LogP contribution in [-0.4, -0.2) is 41.3 Å². The Hall–Kier alpha value is -2.09. The standard InChI is InChI=1S/C25H23Cl4N3O3/c26-18-5-2-6-19(27)23(18)20-14-22(35-31-20)16-3-1-4-17(13-16)32(25(34)24(28)29)12-9-21(33)15-7-10-30-11-8-15/h1-6,13-15,24,30H,7-12H2. The molecule has 1 N–H and O–H groups in total. The minimum absolute atomic E-state index is 0.00610. The molecule has 4 rings (SSSR count). The highest BCUT2D eigenvalue weighted by molar-refractivity contribution is 6.54. The van der Waals surface area contributed by atoms with Crippen molar-refractivity contribution in [3.63, 3.8) is 0 Å². The molecule has 3 aromatic rings. The number of ketones is 1. The molecule has 1 aliphatic rings. The predicted molar refractivity (Wildman–Crippen MR) is 140 cm³/mol. The molecule has 2 heterocycles. The summed E-state index contributed by atoms with van der Waals surface area (Å²) in [5.41, 5.74) is 2.28. The first-order valence-electron chi connectivity index (χ1n) is 11.2. The zero-order valence-electron chi connectivity index (χ0n) is 18.6. The molecular weight excluding hydrogens is 532 g/mol. The van der Waals surface area contributed by atoms with Crippen molar-refractivity contribution in [1.29, 1.82) is 0 Å². The number of hydrogen-bond acceptors (Lipinski definition) is 5. The molecule has 0 atom stereocenters. The first-order chi connectivity index (χ1) is 16.8. The normalized spacial score (nSPS) is 14.3. The summed E-state index contributed by atoms with van der Waals surface area (Å²) in [6.07, 6.45) is 1.83. The molecule has 0 bridgehead atoms. The number of nitrogens with zero attached hydrogens (tertiary/aromatic N) is 2. The first-order valence-corrected chi connectivity index (χ1v) is 12.8. The predicted octanol–water partition coefficient (Wildman–Crippen LogP) is 6.41. The van der Waals surface area contributed by atoms with Crippen LogP contribution in [0.4, 0.5) is 5.69 Å². The van der Waals surface area contributed by atoms with Gasteiger partial charge in [0.05, 0.1) is 10.0 Å². The number of alkyl halides is 2. The van der Waals surface area contributed by atoms with Crippen molar-refractivity contribution in [3.05, 3.63) is 58.6 Å². The molecule has 0 aliphatic carbocycles. The average Bonchev–Trinajstić information content (AvgIpc) is 3.34. The Bertz CT molecular complexity index is 1190. The third-order valence-electron chi connectivity index (χ3n) is 6.00. The van der Waals surface area contributed by atoms with Crippen LogP contribution in [0.15, 0.2) is 53.1 Å². The summed E-state index contributed by atoms with van der Waals surface area (Å²) in [6, 6.07) is 14.1. The number of anilines is 1. The Balaban J connectivity index is 1.57. The molecule has 0 spiro atoms. The van der Waals surface area contributed by atoms with Crippen molar-refractivity contribution in [3.8, 4) is 22.6 Å². The number of benzene rings is 2.